The normalized spacial score (nSPS) is 19.4. The van der Waals surface area contributed by atoms with Gasteiger partial charge in [-0.2, -0.15) is 5.10 Å². The summed E-state index contributed by atoms with van der Waals surface area (Å²) in [6.45, 7) is 5.73. The summed E-state index contributed by atoms with van der Waals surface area (Å²) in [4.78, 5) is 8.87. The van der Waals surface area contributed by atoms with Crippen LogP contribution in [-0.4, -0.2) is 53.1 Å². The number of nitrogens with zero attached hydrogens (tertiary/aromatic N) is 4. The number of hydrogen-bond donors (Lipinski definition) is 2. The molecular weight excluding hydrogens is 507 g/mol. The van der Waals surface area contributed by atoms with Gasteiger partial charge in [0.25, 0.3) is 0 Å². The average Bonchev–Trinajstić information content (AvgIpc) is 3.15. The Hall–Kier alpha value is -1.72. The zero-order valence-electron chi connectivity index (χ0n) is 18.3. The Morgan fingerprint density at radius 3 is 2.87 bits per heavy atom. The summed E-state index contributed by atoms with van der Waals surface area (Å²) in [7, 11) is 1.81. The smallest absolute Gasteiger partial charge is 0.191 e. The minimum atomic E-state index is 0. The van der Waals surface area contributed by atoms with Gasteiger partial charge in [-0.3, -0.25) is 4.99 Å². The third kappa shape index (κ3) is 6.88. The number of guanidine groups is 1. The van der Waals surface area contributed by atoms with E-state index in [9.17, 15) is 0 Å². The van der Waals surface area contributed by atoms with E-state index in [2.05, 4.69) is 50.0 Å². The molecule has 1 unspecified atom stereocenters. The Labute approximate surface area is 201 Å². The van der Waals surface area contributed by atoms with E-state index in [4.69, 9.17) is 9.47 Å². The molecule has 9 heteroatoms. The maximum atomic E-state index is 6.05. The first-order chi connectivity index (χ1) is 14.7. The molecule has 4 rings (SSSR count). The Balaban J connectivity index is 0.00000272. The lowest BCUT2D eigenvalue weighted by Crippen LogP contribution is -2.46. The van der Waals surface area contributed by atoms with Crippen molar-refractivity contribution in [3.05, 3.63) is 47.0 Å². The highest BCUT2D eigenvalue weighted by Crippen LogP contribution is 2.15. The Bertz CT molecular complexity index is 865. The van der Waals surface area contributed by atoms with Gasteiger partial charge >= 0.3 is 0 Å². The lowest BCUT2D eigenvalue weighted by molar-refractivity contribution is -0.0390. The van der Waals surface area contributed by atoms with Crippen LogP contribution >= 0.6 is 24.0 Å². The molecule has 1 aromatic heterocycles. The third-order valence-corrected chi connectivity index (χ3v) is 5.63. The van der Waals surface area contributed by atoms with Gasteiger partial charge in [0.15, 0.2) is 5.96 Å². The zero-order chi connectivity index (χ0) is 20.8. The number of nitrogens with one attached hydrogen (secondary N) is 2. The molecule has 0 radical (unpaired) electrons. The SMILES string of the molecule is CN=C(NCc1cccc(COC2CCOCC2)c1)NC1CCc2nc(C)nn2C1.I. The van der Waals surface area contributed by atoms with Crippen LogP contribution in [-0.2, 0) is 35.6 Å². The molecule has 8 nitrogen and oxygen atoms in total. The molecule has 2 aliphatic rings. The van der Waals surface area contributed by atoms with Crippen molar-refractivity contribution in [2.45, 2.75) is 64.4 Å². The number of aromatic nitrogens is 3. The van der Waals surface area contributed by atoms with E-state index >= 15 is 0 Å². The molecule has 0 saturated carbocycles. The van der Waals surface area contributed by atoms with Gasteiger partial charge in [-0.1, -0.05) is 24.3 Å². The molecule has 1 atom stereocenters. The molecule has 1 fully saturated rings. The average molecular weight is 540 g/mol. The Morgan fingerprint density at radius 1 is 1.26 bits per heavy atom. The van der Waals surface area contributed by atoms with E-state index in [1.807, 2.05) is 11.6 Å². The van der Waals surface area contributed by atoms with Gasteiger partial charge in [-0.25, -0.2) is 9.67 Å². The first kappa shape index (κ1) is 23.9. The molecule has 0 amide bonds. The van der Waals surface area contributed by atoms with Gasteiger partial charge in [0.2, 0.25) is 0 Å². The fourth-order valence-corrected chi connectivity index (χ4v) is 4.01. The molecule has 0 spiro atoms. The van der Waals surface area contributed by atoms with Gasteiger partial charge in [0.1, 0.15) is 11.6 Å². The van der Waals surface area contributed by atoms with Gasteiger partial charge in [0.05, 0.1) is 19.3 Å². The number of halogens is 1. The van der Waals surface area contributed by atoms with Gasteiger partial charge in [-0.15, -0.1) is 24.0 Å². The number of ether oxygens (including phenoxy) is 2. The minimum Gasteiger partial charge on any atom is -0.381 e. The van der Waals surface area contributed by atoms with Crippen molar-refractivity contribution in [1.29, 1.82) is 0 Å². The van der Waals surface area contributed by atoms with Crippen molar-refractivity contribution in [2.75, 3.05) is 20.3 Å². The summed E-state index contributed by atoms with van der Waals surface area (Å²) in [5, 5.41) is 11.4. The lowest BCUT2D eigenvalue weighted by atomic mass is 10.1. The maximum Gasteiger partial charge on any atom is 0.191 e. The van der Waals surface area contributed by atoms with Crippen molar-refractivity contribution in [3.63, 3.8) is 0 Å². The van der Waals surface area contributed by atoms with Crippen molar-refractivity contribution >= 4 is 29.9 Å². The van der Waals surface area contributed by atoms with Gasteiger partial charge in [-0.05, 0) is 37.3 Å². The molecule has 0 bridgehead atoms. The van der Waals surface area contributed by atoms with Crippen LogP contribution in [0.25, 0.3) is 0 Å². The number of hydrogen-bond acceptors (Lipinski definition) is 5. The van der Waals surface area contributed by atoms with Crippen LogP contribution in [0.4, 0.5) is 0 Å². The molecule has 1 aromatic carbocycles. The van der Waals surface area contributed by atoms with Gasteiger partial charge < -0.3 is 20.1 Å². The van der Waals surface area contributed by atoms with Crippen molar-refractivity contribution < 1.29 is 9.47 Å². The van der Waals surface area contributed by atoms with Crippen molar-refractivity contribution in [3.8, 4) is 0 Å². The molecule has 170 valence electrons. The monoisotopic (exact) mass is 540 g/mol. The van der Waals surface area contributed by atoms with Crippen LogP contribution in [0.15, 0.2) is 29.3 Å². The van der Waals surface area contributed by atoms with Crippen LogP contribution in [0.5, 0.6) is 0 Å². The molecule has 0 aliphatic carbocycles. The minimum absolute atomic E-state index is 0. The largest absolute Gasteiger partial charge is 0.381 e. The first-order valence-corrected chi connectivity index (χ1v) is 10.8. The number of benzene rings is 1. The van der Waals surface area contributed by atoms with Crippen LogP contribution in [0.3, 0.4) is 0 Å². The molecule has 1 saturated heterocycles. The quantitative estimate of drug-likeness (QED) is 0.333. The van der Waals surface area contributed by atoms with Crippen LogP contribution in [0.2, 0.25) is 0 Å². The predicted octanol–water partition coefficient (Wildman–Crippen LogP) is 2.58. The first-order valence-electron chi connectivity index (χ1n) is 10.8. The second-order valence-electron chi connectivity index (χ2n) is 8.01. The maximum absolute atomic E-state index is 6.05. The second-order valence-corrected chi connectivity index (χ2v) is 8.01. The summed E-state index contributed by atoms with van der Waals surface area (Å²) in [6.07, 6.45) is 4.25. The Morgan fingerprint density at radius 2 is 2.06 bits per heavy atom. The zero-order valence-corrected chi connectivity index (χ0v) is 20.7. The summed E-state index contributed by atoms with van der Waals surface area (Å²) in [5.74, 6) is 2.73. The number of fused-ring (bicyclic) bond motifs is 1. The fraction of sp³-hybridized carbons (Fsp3) is 0.591. The van der Waals surface area contributed by atoms with Crippen LogP contribution in [0.1, 0.15) is 42.0 Å². The van der Waals surface area contributed by atoms with Crippen LogP contribution < -0.4 is 10.6 Å². The van der Waals surface area contributed by atoms with Crippen molar-refractivity contribution in [2.24, 2.45) is 4.99 Å². The van der Waals surface area contributed by atoms with E-state index in [0.29, 0.717) is 25.3 Å². The van der Waals surface area contributed by atoms with E-state index in [1.54, 1.807) is 7.05 Å². The Kier molecular flexibility index (Phi) is 9.09. The van der Waals surface area contributed by atoms with Crippen LogP contribution in [0, 0.1) is 6.92 Å². The molecule has 31 heavy (non-hydrogen) atoms. The summed E-state index contributed by atoms with van der Waals surface area (Å²) in [6, 6.07) is 8.83. The summed E-state index contributed by atoms with van der Waals surface area (Å²) < 4.78 is 13.5. The molecule has 2 aromatic rings. The molecule has 2 aliphatic heterocycles. The van der Waals surface area contributed by atoms with E-state index in [1.165, 1.54) is 11.1 Å². The highest BCUT2D eigenvalue weighted by atomic mass is 127. The molecular formula is C22H33IN6O2. The van der Waals surface area contributed by atoms with Gasteiger partial charge in [0, 0.05) is 39.3 Å². The third-order valence-electron chi connectivity index (χ3n) is 5.63. The van der Waals surface area contributed by atoms with E-state index in [0.717, 1.165) is 63.1 Å². The van der Waals surface area contributed by atoms with Crippen molar-refractivity contribution in [1.82, 2.24) is 25.4 Å². The lowest BCUT2D eigenvalue weighted by Gasteiger charge is -2.25. The standard InChI is InChI=1S/C22H32N6O2.HI/c1-16-25-21-7-6-19(14-28(21)27-16)26-22(23-2)24-13-17-4-3-5-18(12-17)15-30-20-8-10-29-11-9-20;/h3-5,12,19-20H,6-11,13-15H2,1-2H3,(H2,23,24,26);1H. The predicted molar refractivity (Wildman–Crippen MR) is 131 cm³/mol. The number of aliphatic imine (C=N–C) groups is 1. The number of aryl methyl sites for hydroxylation is 2. The topological polar surface area (TPSA) is 85.6 Å². The molecule has 3 heterocycles. The molecule has 2 N–H and O–H groups in total. The van der Waals surface area contributed by atoms with E-state index < -0.39 is 0 Å². The highest BCUT2D eigenvalue weighted by Gasteiger charge is 2.21. The summed E-state index contributed by atoms with van der Waals surface area (Å²) in [5.41, 5.74) is 2.41. The summed E-state index contributed by atoms with van der Waals surface area (Å²) >= 11 is 0. The fourth-order valence-electron chi connectivity index (χ4n) is 4.01. The number of rotatable bonds is 6. The second kappa shape index (κ2) is 11.8. The highest BCUT2D eigenvalue weighted by molar-refractivity contribution is 14.0. The van der Waals surface area contributed by atoms with E-state index in [-0.39, 0.29) is 24.0 Å².